The molecular weight excluding hydrogens is 341 g/mol. The van der Waals surface area contributed by atoms with Crippen LogP contribution in [0.2, 0.25) is 0 Å². The van der Waals surface area contributed by atoms with Gasteiger partial charge in [-0.1, -0.05) is 19.1 Å². The normalized spacial score (nSPS) is 23.0. The fourth-order valence-electron chi connectivity index (χ4n) is 3.85. The lowest BCUT2D eigenvalue weighted by Gasteiger charge is -2.37. The maximum atomic E-state index is 13.1. The lowest BCUT2D eigenvalue weighted by molar-refractivity contribution is -0.138. The zero-order valence-electron chi connectivity index (χ0n) is 14.9. The molecule has 0 spiro atoms. The third-order valence-corrected chi connectivity index (χ3v) is 5.25. The number of carbonyl (C=O) groups is 1. The minimum absolute atomic E-state index is 0. The van der Waals surface area contributed by atoms with Gasteiger partial charge < -0.3 is 15.1 Å². The first-order valence-corrected chi connectivity index (χ1v) is 9.11. The van der Waals surface area contributed by atoms with Gasteiger partial charge in [0.1, 0.15) is 5.82 Å². The highest BCUT2D eigenvalue weighted by atomic mass is 35.5. The second-order valence-corrected chi connectivity index (χ2v) is 7.13. The molecule has 2 heterocycles. The molecule has 4 nitrogen and oxygen atoms in total. The maximum Gasteiger partial charge on any atom is 0.227 e. The molecule has 25 heavy (non-hydrogen) atoms. The summed E-state index contributed by atoms with van der Waals surface area (Å²) < 4.78 is 13.1. The first kappa shape index (κ1) is 20.1. The molecule has 1 N–H and O–H groups in total. The highest BCUT2D eigenvalue weighted by molar-refractivity contribution is 5.85. The topological polar surface area (TPSA) is 35.6 Å². The number of likely N-dealkylation sites (tertiary alicyclic amines) is 1. The molecule has 1 amide bonds. The Morgan fingerprint density at radius 3 is 2.60 bits per heavy atom. The summed E-state index contributed by atoms with van der Waals surface area (Å²) in [6.45, 7) is 8.49. The average Bonchev–Trinajstić information content (AvgIpc) is 2.62. The molecule has 0 saturated carbocycles. The van der Waals surface area contributed by atoms with Crippen molar-refractivity contribution in [3.05, 3.63) is 35.6 Å². The SMILES string of the molecule is CC(CN1CCCC(C(=O)N2CCNCC2)C1)c1ccc(F)cc1.Cl. The maximum absolute atomic E-state index is 13.1. The van der Waals surface area contributed by atoms with Crippen molar-refractivity contribution in [2.75, 3.05) is 45.8 Å². The Balaban J connectivity index is 0.00000225. The van der Waals surface area contributed by atoms with Crippen LogP contribution in [0.5, 0.6) is 0 Å². The number of piperidine rings is 1. The van der Waals surface area contributed by atoms with Gasteiger partial charge in [0.2, 0.25) is 5.91 Å². The van der Waals surface area contributed by atoms with Crippen molar-refractivity contribution >= 4 is 18.3 Å². The van der Waals surface area contributed by atoms with E-state index in [-0.39, 0.29) is 24.1 Å². The van der Waals surface area contributed by atoms with Crippen molar-refractivity contribution in [3.63, 3.8) is 0 Å². The van der Waals surface area contributed by atoms with E-state index in [0.29, 0.717) is 11.8 Å². The molecular formula is C19H29ClFN3O. The van der Waals surface area contributed by atoms with E-state index < -0.39 is 0 Å². The number of hydrogen-bond acceptors (Lipinski definition) is 3. The molecule has 2 atom stereocenters. The van der Waals surface area contributed by atoms with Crippen LogP contribution < -0.4 is 5.32 Å². The summed E-state index contributed by atoms with van der Waals surface area (Å²) in [6, 6.07) is 6.79. The van der Waals surface area contributed by atoms with Gasteiger partial charge in [-0.15, -0.1) is 12.4 Å². The van der Waals surface area contributed by atoms with Gasteiger partial charge in [0.15, 0.2) is 0 Å². The summed E-state index contributed by atoms with van der Waals surface area (Å²) in [4.78, 5) is 17.1. The molecule has 2 fully saturated rings. The van der Waals surface area contributed by atoms with Crippen LogP contribution in [0.15, 0.2) is 24.3 Å². The molecule has 2 unspecified atom stereocenters. The number of amides is 1. The van der Waals surface area contributed by atoms with Crippen LogP contribution in [0.25, 0.3) is 0 Å². The van der Waals surface area contributed by atoms with Crippen LogP contribution in [-0.4, -0.2) is 61.5 Å². The van der Waals surface area contributed by atoms with Crippen molar-refractivity contribution < 1.29 is 9.18 Å². The van der Waals surface area contributed by atoms with E-state index in [2.05, 4.69) is 17.1 Å². The van der Waals surface area contributed by atoms with Crippen molar-refractivity contribution in [2.45, 2.75) is 25.7 Å². The largest absolute Gasteiger partial charge is 0.340 e. The Labute approximate surface area is 156 Å². The monoisotopic (exact) mass is 369 g/mol. The van der Waals surface area contributed by atoms with Crippen LogP contribution in [0.3, 0.4) is 0 Å². The molecule has 140 valence electrons. The predicted octanol–water partition coefficient (Wildman–Crippen LogP) is 2.49. The Morgan fingerprint density at radius 2 is 1.92 bits per heavy atom. The lowest BCUT2D eigenvalue weighted by Crippen LogP contribution is -2.51. The van der Waals surface area contributed by atoms with E-state index in [1.54, 1.807) is 0 Å². The van der Waals surface area contributed by atoms with Gasteiger partial charge in [-0.2, -0.15) is 0 Å². The fourth-order valence-corrected chi connectivity index (χ4v) is 3.85. The van der Waals surface area contributed by atoms with Gasteiger partial charge in [0.05, 0.1) is 5.92 Å². The molecule has 0 aromatic heterocycles. The number of rotatable bonds is 4. The summed E-state index contributed by atoms with van der Waals surface area (Å²) in [5.41, 5.74) is 1.16. The standard InChI is InChI=1S/C19H28FN3O.ClH/c1-15(16-4-6-18(20)7-5-16)13-22-10-2-3-17(14-22)19(24)23-11-8-21-9-12-23;/h4-7,15,17,21H,2-3,8-14H2,1H3;1H. The summed E-state index contributed by atoms with van der Waals surface area (Å²) in [5.74, 6) is 0.622. The first-order valence-electron chi connectivity index (χ1n) is 9.11. The summed E-state index contributed by atoms with van der Waals surface area (Å²) in [6.07, 6.45) is 2.09. The number of benzene rings is 1. The highest BCUT2D eigenvalue weighted by Gasteiger charge is 2.30. The van der Waals surface area contributed by atoms with Crippen LogP contribution >= 0.6 is 12.4 Å². The molecule has 0 radical (unpaired) electrons. The van der Waals surface area contributed by atoms with Gasteiger partial charge in [0, 0.05) is 39.3 Å². The smallest absolute Gasteiger partial charge is 0.227 e. The molecule has 0 aliphatic carbocycles. The first-order chi connectivity index (χ1) is 11.6. The van der Waals surface area contributed by atoms with Crippen LogP contribution in [0.4, 0.5) is 4.39 Å². The highest BCUT2D eigenvalue weighted by Crippen LogP contribution is 2.23. The van der Waals surface area contributed by atoms with E-state index in [9.17, 15) is 9.18 Å². The second-order valence-electron chi connectivity index (χ2n) is 7.13. The number of carbonyl (C=O) groups excluding carboxylic acids is 1. The van der Waals surface area contributed by atoms with E-state index in [0.717, 1.165) is 64.2 Å². The Kier molecular flexibility index (Phi) is 7.66. The van der Waals surface area contributed by atoms with Crippen molar-refractivity contribution in [1.29, 1.82) is 0 Å². The minimum Gasteiger partial charge on any atom is -0.340 e. The molecule has 1 aromatic rings. The lowest BCUT2D eigenvalue weighted by atomic mass is 9.94. The third kappa shape index (κ3) is 5.40. The minimum atomic E-state index is -0.189. The fraction of sp³-hybridized carbons (Fsp3) is 0.632. The molecule has 6 heteroatoms. The molecule has 2 aliphatic rings. The van der Waals surface area contributed by atoms with Gasteiger partial charge in [0.25, 0.3) is 0 Å². The second kappa shape index (κ2) is 9.51. The zero-order valence-corrected chi connectivity index (χ0v) is 15.7. The summed E-state index contributed by atoms with van der Waals surface area (Å²) in [5, 5.41) is 3.30. The van der Waals surface area contributed by atoms with Gasteiger partial charge in [-0.05, 0) is 43.0 Å². The quantitative estimate of drug-likeness (QED) is 0.885. The van der Waals surface area contributed by atoms with Gasteiger partial charge in [-0.25, -0.2) is 4.39 Å². The van der Waals surface area contributed by atoms with Gasteiger partial charge >= 0.3 is 0 Å². The van der Waals surface area contributed by atoms with Crippen LogP contribution in [0, 0.1) is 11.7 Å². The Hall–Kier alpha value is -1.17. The van der Waals surface area contributed by atoms with Crippen LogP contribution in [0.1, 0.15) is 31.2 Å². The van der Waals surface area contributed by atoms with E-state index in [1.807, 2.05) is 17.0 Å². The van der Waals surface area contributed by atoms with Crippen molar-refractivity contribution in [2.24, 2.45) is 5.92 Å². The number of halogens is 2. The Morgan fingerprint density at radius 1 is 1.24 bits per heavy atom. The van der Waals surface area contributed by atoms with Crippen molar-refractivity contribution in [1.82, 2.24) is 15.1 Å². The average molecular weight is 370 g/mol. The molecule has 2 saturated heterocycles. The molecule has 0 bridgehead atoms. The molecule has 2 aliphatic heterocycles. The molecule has 1 aromatic carbocycles. The number of hydrogen-bond donors (Lipinski definition) is 1. The van der Waals surface area contributed by atoms with E-state index in [4.69, 9.17) is 0 Å². The van der Waals surface area contributed by atoms with Crippen LogP contribution in [-0.2, 0) is 4.79 Å². The Bertz CT molecular complexity index is 548. The number of nitrogens with zero attached hydrogens (tertiary/aromatic N) is 2. The predicted molar refractivity (Wildman–Crippen MR) is 101 cm³/mol. The van der Waals surface area contributed by atoms with Gasteiger partial charge in [-0.3, -0.25) is 4.79 Å². The zero-order chi connectivity index (χ0) is 16.9. The summed E-state index contributed by atoms with van der Waals surface area (Å²) in [7, 11) is 0. The number of piperazine rings is 1. The van der Waals surface area contributed by atoms with E-state index in [1.165, 1.54) is 12.1 Å². The molecule has 3 rings (SSSR count). The van der Waals surface area contributed by atoms with E-state index >= 15 is 0 Å². The summed E-state index contributed by atoms with van der Waals surface area (Å²) >= 11 is 0. The number of nitrogens with one attached hydrogen (secondary N) is 1. The van der Waals surface area contributed by atoms with Crippen molar-refractivity contribution in [3.8, 4) is 0 Å². The third-order valence-electron chi connectivity index (χ3n) is 5.25.